The third kappa shape index (κ3) is 5.98. The molecule has 176 valence electrons. The van der Waals surface area contributed by atoms with Crippen molar-refractivity contribution in [2.75, 3.05) is 6.54 Å². The highest BCUT2D eigenvalue weighted by Crippen LogP contribution is 2.36. The molecule has 0 bridgehead atoms. The third-order valence-corrected chi connectivity index (χ3v) is 6.31. The number of halogens is 3. The van der Waals surface area contributed by atoms with Crippen LogP contribution in [0.3, 0.4) is 0 Å². The number of para-hydroxylation sites is 1. The van der Waals surface area contributed by atoms with Crippen molar-refractivity contribution in [1.29, 1.82) is 5.26 Å². The minimum atomic E-state index is -0.473. The summed E-state index contributed by atoms with van der Waals surface area (Å²) in [6.45, 7) is 0.576. The van der Waals surface area contributed by atoms with Crippen LogP contribution < -0.4 is 10.1 Å². The second kappa shape index (κ2) is 11.3. The number of nitriles is 1. The Kier molecular flexibility index (Phi) is 7.99. The van der Waals surface area contributed by atoms with Crippen LogP contribution in [0.2, 0.25) is 15.1 Å². The first kappa shape index (κ1) is 24.7. The van der Waals surface area contributed by atoms with Gasteiger partial charge >= 0.3 is 0 Å². The van der Waals surface area contributed by atoms with Gasteiger partial charge in [-0.15, -0.1) is 0 Å². The minimum Gasteiger partial charge on any atom is -0.486 e. The van der Waals surface area contributed by atoms with E-state index in [1.807, 2.05) is 54.7 Å². The van der Waals surface area contributed by atoms with Crippen LogP contribution in [0, 0.1) is 11.3 Å². The molecule has 35 heavy (non-hydrogen) atoms. The number of rotatable bonds is 8. The van der Waals surface area contributed by atoms with Crippen molar-refractivity contribution in [3.05, 3.63) is 104 Å². The second-order valence-corrected chi connectivity index (χ2v) is 8.95. The predicted molar refractivity (Wildman–Crippen MR) is 141 cm³/mol. The van der Waals surface area contributed by atoms with Gasteiger partial charge in [0.05, 0.1) is 10.0 Å². The topological polar surface area (TPSA) is 77.9 Å². The van der Waals surface area contributed by atoms with E-state index in [2.05, 4.69) is 10.3 Å². The Labute approximate surface area is 217 Å². The number of aromatic nitrogens is 1. The quantitative estimate of drug-likeness (QED) is 0.193. The van der Waals surface area contributed by atoms with E-state index in [4.69, 9.17) is 39.5 Å². The van der Waals surface area contributed by atoms with Crippen molar-refractivity contribution < 1.29 is 9.53 Å². The van der Waals surface area contributed by atoms with Gasteiger partial charge in [0.1, 0.15) is 18.2 Å². The van der Waals surface area contributed by atoms with Crippen LogP contribution in [0.5, 0.6) is 5.75 Å². The van der Waals surface area contributed by atoms with E-state index < -0.39 is 5.91 Å². The highest BCUT2D eigenvalue weighted by Gasteiger charge is 2.14. The van der Waals surface area contributed by atoms with Gasteiger partial charge in [0.2, 0.25) is 0 Å². The number of carbonyl (C=O) groups excluding carboxylic acids is 1. The number of ether oxygens (including phenoxy) is 1. The molecule has 4 aromatic rings. The zero-order valence-electron chi connectivity index (χ0n) is 18.4. The van der Waals surface area contributed by atoms with Gasteiger partial charge < -0.3 is 15.0 Å². The summed E-state index contributed by atoms with van der Waals surface area (Å²) in [6.07, 6.45) is 4.00. The van der Waals surface area contributed by atoms with Gasteiger partial charge in [-0.2, -0.15) is 5.26 Å². The minimum absolute atomic E-state index is 0.0548. The van der Waals surface area contributed by atoms with Crippen LogP contribution in [0.1, 0.15) is 16.7 Å². The summed E-state index contributed by atoms with van der Waals surface area (Å²) in [5.74, 6) is -0.175. The normalized spacial score (nSPS) is 11.3. The maximum atomic E-state index is 12.6. The Morgan fingerprint density at radius 1 is 1.00 bits per heavy atom. The Morgan fingerprint density at radius 2 is 1.71 bits per heavy atom. The molecule has 2 N–H and O–H groups in total. The molecule has 1 amide bonds. The van der Waals surface area contributed by atoms with Gasteiger partial charge in [0, 0.05) is 34.2 Å². The Balaban J connectivity index is 1.41. The number of nitrogens with zero attached hydrogens (tertiary/aromatic N) is 1. The molecule has 0 aliphatic heterocycles. The monoisotopic (exact) mass is 523 g/mol. The highest BCUT2D eigenvalue weighted by molar-refractivity contribution is 6.37. The van der Waals surface area contributed by atoms with E-state index >= 15 is 0 Å². The molecule has 0 saturated heterocycles. The lowest BCUT2D eigenvalue weighted by Gasteiger charge is -2.12. The van der Waals surface area contributed by atoms with Crippen LogP contribution >= 0.6 is 34.8 Å². The van der Waals surface area contributed by atoms with Crippen molar-refractivity contribution in [1.82, 2.24) is 10.3 Å². The standard InChI is InChI=1S/C27H20Cl3N3O2/c28-22-7-3-1-5-19(22)16-35-26-23(29)12-17(13-24(26)30)11-20(14-31)27(34)32-10-9-18-15-33-25-8-4-2-6-21(18)25/h1-8,11-13,15,33H,9-10,16H2,(H,32,34)/b20-11-. The van der Waals surface area contributed by atoms with E-state index in [0.29, 0.717) is 29.3 Å². The van der Waals surface area contributed by atoms with E-state index in [1.165, 1.54) is 6.08 Å². The molecule has 1 heterocycles. The van der Waals surface area contributed by atoms with E-state index in [1.54, 1.807) is 18.2 Å². The fourth-order valence-corrected chi connectivity index (χ4v) is 4.43. The number of aromatic amines is 1. The molecule has 0 fully saturated rings. The molecule has 0 unspecified atom stereocenters. The van der Waals surface area contributed by atoms with Crippen molar-refractivity contribution >= 4 is 57.7 Å². The summed E-state index contributed by atoms with van der Waals surface area (Å²) in [6, 6.07) is 20.4. The number of carbonyl (C=O) groups is 1. The lowest BCUT2D eigenvalue weighted by atomic mass is 10.1. The van der Waals surface area contributed by atoms with E-state index in [-0.39, 0.29) is 22.2 Å². The lowest BCUT2D eigenvalue weighted by Crippen LogP contribution is -2.26. The molecule has 1 aromatic heterocycles. The molecule has 3 aromatic carbocycles. The number of hydrogen-bond acceptors (Lipinski definition) is 3. The van der Waals surface area contributed by atoms with Gasteiger partial charge in [-0.3, -0.25) is 4.79 Å². The van der Waals surface area contributed by atoms with Crippen molar-refractivity contribution in [3.8, 4) is 11.8 Å². The summed E-state index contributed by atoms with van der Waals surface area (Å²) in [4.78, 5) is 15.8. The summed E-state index contributed by atoms with van der Waals surface area (Å²) in [5.41, 5.74) is 3.38. The second-order valence-electron chi connectivity index (χ2n) is 7.73. The summed E-state index contributed by atoms with van der Waals surface area (Å²) >= 11 is 18.9. The zero-order valence-corrected chi connectivity index (χ0v) is 20.7. The number of hydrogen-bond donors (Lipinski definition) is 2. The number of nitrogens with one attached hydrogen (secondary N) is 2. The first-order valence-corrected chi connectivity index (χ1v) is 11.9. The van der Waals surface area contributed by atoms with Crippen molar-refractivity contribution in [2.45, 2.75) is 13.0 Å². The van der Waals surface area contributed by atoms with Crippen molar-refractivity contribution in [3.63, 3.8) is 0 Å². The van der Waals surface area contributed by atoms with Crippen molar-refractivity contribution in [2.24, 2.45) is 0 Å². The molecular weight excluding hydrogens is 505 g/mol. The molecule has 0 aliphatic rings. The smallest absolute Gasteiger partial charge is 0.261 e. The van der Waals surface area contributed by atoms with Crippen LogP contribution in [-0.2, 0) is 17.8 Å². The SMILES string of the molecule is N#C/C(=C/c1cc(Cl)c(OCc2ccccc2Cl)c(Cl)c1)C(=O)NCCc1c[nH]c2ccccc12. The Hall–Kier alpha value is -3.43. The Bertz CT molecular complexity index is 1430. The van der Waals surface area contributed by atoms with Crippen LogP contribution in [0.15, 0.2) is 72.4 Å². The first-order valence-electron chi connectivity index (χ1n) is 10.8. The lowest BCUT2D eigenvalue weighted by molar-refractivity contribution is -0.117. The van der Waals surface area contributed by atoms with Crippen LogP contribution in [0.4, 0.5) is 0 Å². The fourth-order valence-electron chi connectivity index (χ4n) is 3.63. The predicted octanol–water partition coefficient (Wildman–Crippen LogP) is 6.97. The molecule has 0 atom stereocenters. The van der Waals surface area contributed by atoms with Crippen LogP contribution in [0.25, 0.3) is 17.0 Å². The van der Waals surface area contributed by atoms with Crippen LogP contribution in [-0.4, -0.2) is 17.4 Å². The number of benzene rings is 3. The summed E-state index contributed by atoms with van der Waals surface area (Å²) in [5, 5.41) is 14.5. The first-order chi connectivity index (χ1) is 17.0. The molecule has 0 aliphatic carbocycles. The number of fused-ring (bicyclic) bond motifs is 1. The maximum absolute atomic E-state index is 12.6. The molecule has 8 heteroatoms. The zero-order chi connectivity index (χ0) is 24.8. The van der Waals surface area contributed by atoms with Gasteiger partial charge in [0.25, 0.3) is 5.91 Å². The Morgan fingerprint density at radius 3 is 2.46 bits per heavy atom. The molecule has 0 spiro atoms. The van der Waals surface area contributed by atoms with E-state index in [9.17, 15) is 10.1 Å². The highest BCUT2D eigenvalue weighted by atomic mass is 35.5. The summed E-state index contributed by atoms with van der Waals surface area (Å²) < 4.78 is 5.77. The molecule has 0 saturated carbocycles. The number of amides is 1. The molecular formula is C27H20Cl3N3O2. The largest absolute Gasteiger partial charge is 0.486 e. The van der Waals surface area contributed by atoms with Gasteiger partial charge in [-0.05, 0) is 47.9 Å². The maximum Gasteiger partial charge on any atom is 0.261 e. The fraction of sp³-hybridized carbons (Fsp3) is 0.111. The number of H-pyrrole nitrogens is 1. The average molecular weight is 525 g/mol. The van der Waals surface area contributed by atoms with Gasteiger partial charge in [-0.25, -0.2) is 0 Å². The summed E-state index contributed by atoms with van der Waals surface area (Å²) in [7, 11) is 0. The van der Waals surface area contributed by atoms with Gasteiger partial charge in [-0.1, -0.05) is 71.2 Å². The molecule has 0 radical (unpaired) electrons. The van der Waals surface area contributed by atoms with E-state index in [0.717, 1.165) is 22.0 Å². The molecule has 5 nitrogen and oxygen atoms in total. The third-order valence-electron chi connectivity index (χ3n) is 5.38. The van der Waals surface area contributed by atoms with Gasteiger partial charge in [0.15, 0.2) is 5.75 Å². The average Bonchev–Trinajstić information content (AvgIpc) is 3.26. The molecule has 4 rings (SSSR count).